The fourth-order valence-electron chi connectivity index (χ4n) is 4.30. The smallest absolute Gasteiger partial charge is 0.205 e. The molecule has 8 heteroatoms. The van der Waals surface area contributed by atoms with E-state index < -0.39 is 11.9 Å². The number of aliphatic hydroxyl groups excluding tert-OH is 1. The molecule has 1 atom stereocenters. The Kier molecular flexibility index (Phi) is 12.5. The summed E-state index contributed by atoms with van der Waals surface area (Å²) in [5.74, 6) is 0.224. The second-order valence-corrected chi connectivity index (χ2v) is 11.0. The molecule has 0 bridgehead atoms. The predicted molar refractivity (Wildman–Crippen MR) is 150 cm³/mol. The summed E-state index contributed by atoms with van der Waals surface area (Å²) in [6.07, 6.45) is 4.89. The van der Waals surface area contributed by atoms with Crippen LogP contribution in [0.2, 0.25) is 10.0 Å². The largest absolute Gasteiger partial charge is 0.463 e. The Morgan fingerprint density at radius 3 is 2.57 bits per heavy atom. The second-order valence-electron chi connectivity index (χ2n) is 10.2. The van der Waals surface area contributed by atoms with Crippen molar-refractivity contribution in [2.75, 3.05) is 39.9 Å². The summed E-state index contributed by atoms with van der Waals surface area (Å²) in [6, 6.07) is 11.5. The zero-order valence-electron chi connectivity index (χ0n) is 22.4. The fourth-order valence-corrected chi connectivity index (χ4v) is 4.82. The molecule has 0 saturated carbocycles. The zero-order valence-corrected chi connectivity index (χ0v) is 23.9. The van der Waals surface area contributed by atoms with Crippen molar-refractivity contribution in [3.05, 3.63) is 63.1 Å². The highest BCUT2D eigenvalue weighted by Gasteiger charge is 2.27. The van der Waals surface area contributed by atoms with Gasteiger partial charge in [0.2, 0.25) is 5.79 Å². The van der Waals surface area contributed by atoms with Crippen LogP contribution in [-0.2, 0) is 22.6 Å². The molecule has 0 amide bonds. The minimum atomic E-state index is -0.605. The van der Waals surface area contributed by atoms with E-state index in [1.54, 1.807) is 0 Å². The van der Waals surface area contributed by atoms with Gasteiger partial charge in [-0.25, -0.2) is 0 Å². The van der Waals surface area contributed by atoms with Gasteiger partial charge in [0.15, 0.2) is 0 Å². The topological polar surface area (TPSA) is 63.2 Å². The predicted octanol–water partition coefficient (Wildman–Crippen LogP) is 6.36. The van der Waals surface area contributed by atoms with Crippen LogP contribution in [0.3, 0.4) is 0 Å². The third-order valence-electron chi connectivity index (χ3n) is 6.45. The Labute approximate surface area is 232 Å². The molecular weight excluding hydrogens is 511 g/mol. The first-order valence-electron chi connectivity index (χ1n) is 13.3. The number of nitrogens with one attached hydrogen (secondary N) is 1. The van der Waals surface area contributed by atoms with E-state index in [4.69, 9.17) is 37.4 Å². The lowest BCUT2D eigenvalue weighted by Crippen LogP contribution is -2.35. The molecule has 2 N–H and O–H groups in total. The molecule has 2 aromatic rings. The van der Waals surface area contributed by atoms with Crippen LogP contribution in [0.4, 0.5) is 0 Å². The van der Waals surface area contributed by atoms with Crippen LogP contribution in [0.1, 0.15) is 68.7 Å². The van der Waals surface area contributed by atoms with E-state index in [0.717, 1.165) is 87.4 Å². The summed E-state index contributed by atoms with van der Waals surface area (Å²) in [5.41, 5.74) is 2.84. The van der Waals surface area contributed by atoms with Crippen LogP contribution in [0, 0.1) is 0 Å². The number of hydrogen-bond acceptors (Lipinski definition) is 6. The summed E-state index contributed by atoms with van der Waals surface area (Å²) in [7, 11) is 2.07. The van der Waals surface area contributed by atoms with Gasteiger partial charge in [-0.2, -0.15) is 0 Å². The van der Waals surface area contributed by atoms with Crippen molar-refractivity contribution in [2.24, 2.45) is 0 Å². The highest BCUT2D eigenvalue weighted by atomic mass is 35.5. The minimum Gasteiger partial charge on any atom is -0.463 e. The number of aliphatic hydroxyl groups is 1. The molecule has 2 aromatic carbocycles. The van der Waals surface area contributed by atoms with Gasteiger partial charge in [0, 0.05) is 67.9 Å². The van der Waals surface area contributed by atoms with Gasteiger partial charge < -0.3 is 29.5 Å². The maximum absolute atomic E-state index is 10.5. The summed E-state index contributed by atoms with van der Waals surface area (Å²) in [4.78, 5) is 2.22. The lowest BCUT2D eigenvalue weighted by molar-refractivity contribution is -0.180. The summed E-state index contributed by atoms with van der Waals surface area (Å²) in [5, 5.41) is 15.3. The lowest BCUT2D eigenvalue weighted by Gasteiger charge is -2.33. The van der Waals surface area contributed by atoms with Crippen molar-refractivity contribution in [3.8, 4) is 5.75 Å². The number of ether oxygens (including phenoxy) is 3. The molecule has 0 radical (unpaired) electrons. The Balaban J connectivity index is 1.16. The van der Waals surface area contributed by atoms with Crippen molar-refractivity contribution in [2.45, 2.75) is 71.0 Å². The van der Waals surface area contributed by atoms with Gasteiger partial charge in [-0.3, -0.25) is 0 Å². The minimum absolute atomic E-state index is 0.496. The SMILES string of the molecule is CN(CCCOCCCCCCNCC(O)c1ccc2c(c1)COC(C)(C)O2)Cc1c(Cl)cccc1Cl. The first-order valence-corrected chi connectivity index (χ1v) is 14.0. The van der Waals surface area contributed by atoms with E-state index in [2.05, 4.69) is 17.3 Å². The molecule has 37 heavy (non-hydrogen) atoms. The number of benzene rings is 2. The normalized spacial score (nSPS) is 15.4. The maximum Gasteiger partial charge on any atom is 0.205 e. The molecule has 0 aliphatic carbocycles. The third-order valence-corrected chi connectivity index (χ3v) is 7.16. The quantitative estimate of drug-likeness (QED) is 0.236. The van der Waals surface area contributed by atoms with Gasteiger partial charge in [-0.1, -0.05) is 48.2 Å². The van der Waals surface area contributed by atoms with Crippen LogP contribution in [-0.4, -0.2) is 55.7 Å². The molecule has 1 aliphatic rings. The van der Waals surface area contributed by atoms with Crippen molar-refractivity contribution in [3.63, 3.8) is 0 Å². The standard InChI is InChI=1S/C29H42Cl2N2O4/c1-29(2)36-21-23-18-22(12-13-28(23)37-29)27(34)19-32-14-6-4-5-7-16-35-17-9-15-33(3)20-24-25(30)10-8-11-26(24)31/h8,10-13,18,27,32,34H,4-7,9,14-17,19-21H2,1-3H3. The van der Waals surface area contributed by atoms with Gasteiger partial charge in [0.25, 0.3) is 0 Å². The van der Waals surface area contributed by atoms with Gasteiger partial charge in [0.05, 0.1) is 12.7 Å². The van der Waals surface area contributed by atoms with Gasteiger partial charge in [0.1, 0.15) is 5.75 Å². The molecule has 6 nitrogen and oxygen atoms in total. The van der Waals surface area contributed by atoms with E-state index in [0.29, 0.717) is 23.2 Å². The zero-order chi connectivity index (χ0) is 26.7. The number of fused-ring (bicyclic) bond motifs is 1. The van der Waals surface area contributed by atoms with Crippen molar-refractivity contribution >= 4 is 23.2 Å². The highest BCUT2D eigenvalue weighted by molar-refractivity contribution is 6.35. The number of halogens is 2. The maximum atomic E-state index is 10.5. The van der Waals surface area contributed by atoms with Crippen molar-refractivity contribution < 1.29 is 19.3 Å². The Morgan fingerprint density at radius 1 is 1.05 bits per heavy atom. The second kappa shape index (κ2) is 15.3. The van der Waals surface area contributed by atoms with Gasteiger partial charge in [-0.15, -0.1) is 0 Å². The van der Waals surface area contributed by atoms with Crippen molar-refractivity contribution in [1.29, 1.82) is 0 Å². The molecule has 0 saturated heterocycles. The molecule has 0 spiro atoms. The van der Waals surface area contributed by atoms with E-state index in [1.165, 1.54) is 0 Å². The molecule has 3 rings (SSSR count). The molecular formula is C29H42Cl2N2O4. The molecule has 0 aromatic heterocycles. The number of rotatable bonds is 16. The van der Waals surface area contributed by atoms with Gasteiger partial charge >= 0.3 is 0 Å². The number of unbranched alkanes of at least 4 members (excludes halogenated alkanes) is 3. The van der Waals surface area contributed by atoms with E-state index in [1.807, 2.05) is 50.2 Å². The van der Waals surface area contributed by atoms with Gasteiger partial charge in [-0.05, 0) is 62.7 Å². The fraction of sp³-hybridized carbons (Fsp3) is 0.586. The average Bonchev–Trinajstić information content (AvgIpc) is 2.86. The third kappa shape index (κ3) is 10.4. The molecule has 0 fully saturated rings. The first kappa shape index (κ1) is 30.2. The molecule has 1 unspecified atom stereocenters. The van der Waals surface area contributed by atoms with Crippen LogP contribution >= 0.6 is 23.2 Å². The van der Waals surface area contributed by atoms with Crippen LogP contribution in [0.25, 0.3) is 0 Å². The Bertz CT molecular complexity index is 953. The van der Waals surface area contributed by atoms with E-state index in [9.17, 15) is 5.11 Å². The summed E-state index contributed by atoms with van der Waals surface area (Å²) >= 11 is 12.5. The molecule has 1 heterocycles. The van der Waals surface area contributed by atoms with E-state index >= 15 is 0 Å². The van der Waals surface area contributed by atoms with Crippen molar-refractivity contribution in [1.82, 2.24) is 10.2 Å². The number of hydrogen-bond donors (Lipinski definition) is 2. The summed E-state index contributed by atoms with van der Waals surface area (Å²) in [6.45, 7) is 8.96. The highest BCUT2D eigenvalue weighted by Crippen LogP contribution is 2.32. The molecule has 1 aliphatic heterocycles. The van der Waals surface area contributed by atoms with Crippen LogP contribution in [0.5, 0.6) is 5.75 Å². The Morgan fingerprint density at radius 2 is 1.78 bits per heavy atom. The van der Waals surface area contributed by atoms with E-state index in [-0.39, 0.29) is 0 Å². The molecule has 206 valence electrons. The monoisotopic (exact) mass is 552 g/mol. The first-order chi connectivity index (χ1) is 17.7. The lowest BCUT2D eigenvalue weighted by atomic mass is 10.0. The summed E-state index contributed by atoms with van der Waals surface area (Å²) < 4.78 is 17.3. The average molecular weight is 554 g/mol. The Hall–Kier alpha value is -1.38. The van der Waals surface area contributed by atoms with Crippen LogP contribution < -0.4 is 10.1 Å². The number of nitrogens with zero attached hydrogens (tertiary/aromatic N) is 1. The van der Waals surface area contributed by atoms with Crippen LogP contribution in [0.15, 0.2) is 36.4 Å².